The third-order valence-corrected chi connectivity index (χ3v) is 5.21. The second kappa shape index (κ2) is 7.16. The van der Waals surface area contributed by atoms with Gasteiger partial charge < -0.3 is 0 Å². The molecule has 0 aliphatic rings. The van der Waals surface area contributed by atoms with E-state index in [9.17, 15) is 4.39 Å². The zero-order chi connectivity index (χ0) is 13.5. The number of nitriles is 1. The molecule has 1 nitrogen and oxygen atoms in total. The molecule has 0 unspecified atom stereocenters. The number of nitrogens with zero attached hydrogens (tertiary/aromatic N) is 1. The van der Waals surface area contributed by atoms with Crippen LogP contribution < -0.4 is 4.46 Å². The topological polar surface area (TPSA) is 23.8 Å². The SMILES string of the molecule is N#CSC(=C[Se]c1ccccc1)c1ccc(F)cc1. The summed E-state index contributed by atoms with van der Waals surface area (Å²) < 4.78 is 14.1. The summed E-state index contributed by atoms with van der Waals surface area (Å²) in [5.74, 6) is -0.265. The van der Waals surface area contributed by atoms with E-state index in [1.165, 1.54) is 16.6 Å². The van der Waals surface area contributed by atoms with Crippen LogP contribution in [0.1, 0.15) is 5.56 Å². The molecular formula is C15H10FNSSe. The quantitative estimate of drug-likeness (QED) is 0.632. The van der Waals surface area contributed by atoms with Gasteiger partial charge in [0, 0.05) is 0 Å². The number of rotatable bonds is 4. The van der Waals surface area contributed by atoms with Gasteiger partial charge in [0.05, 0.1) is 0 Å². The predicted molar refractivity (Wildman–Crippen MR) is 79.4 cm³/mol. The fraction of sp³-hybridized carbons (Fsp3) is 0. The van der Waals surface area contributed by atoms with Crippen molar-refractivity contribution in [2.45, 2.75) is 0 Å². The molecule has 0 saturated heterocycles. The summed E-state index contributed by atoms with van der Waals surface area (Å²) in [5.41, 5.74) is 0.880. The van der Waals surface area contributed by atoms with Crippen LogP contribution in [0.3, 0.4) is 0 Å². The van der Waals surface area contributed by atoms with Crippen molar-refractivity contribution >= 4 is 36.1 Å². The molecule has 0 aliphatic carbocycles. The molecule has 2 aromatic rings. The molecule has 0 aromatic heterocycles. The van der Waals surface area contributed by atoms with Gasteiger partial charge in [-0.1, -0.05) is 0 Å². The molecule has 0 aliphatic heterocycles. The monoisotopic (exact) mass is 335 g/mol. The molecule has 0 saturated carbocycles. The van der Waals surface area contributed by atoms with Crippen LogP contribution in [-0.2, 0) is 0 Å². The van der Waals surface area contributed by atoms with Gasteiger partial charge in [0.1, 0.15) is 0 Å². The summed E-state index contributed by atoms with van der Waals surface area (Å²) >= 11 is 1.28. The molecule has 4 heteroatoms. The summed E-state index contributed by atoms with van der Waals surface area (Å²) in [6.45, 7) is 0. The average molecular weight is 334 g/mol. The van der Waals surface area contributed by atoms with Gasteiger partial charge in [-0.15, -0.1) is 0 Å². The van der Waals surface area contributed by atoms with Gasteiger partial charge in [-0.05, 0) is 0 Å². The van der Waals surface area contributed by atoms with Crippen molar-refractivity contribution in [3.05, 3.63) is 71.0 Å². The van der Waals surface area contributed by atoms with Gasteiger partial charge in [0.15, 0.2) is 0 Å². The zero-order valence-corrected chi connectivity index (χ0v) is 12.4. The third-order valence-electron chi connectivity index (χ3n) is 2.33. The Hall–Kier alpha value is -1.53. The second-order valence-electron chi connectivity index (χ2n) is 3.61. The van der Waals surface area contributed by atoms with Crippen molar-refractivity contribution < 1.29 is 4.39 Å². The fourth-order valence-corrected chi connectivity index (χ4v) is 3.84. The minimum absolute atomic E-state index is 0.162. The Morgan fingerprint density at radius 2 is 1.79 bits per heavy atom. The van der Waals surface area contributed by atoms with Gasteiger partial charge in [-0.3, -0.25) is 0 Å². The van der Waals surface area contributed by atoms with Crippen molar-refractivity contribution in [1.82, 2.24) is 0 Å². The first-order valence-corrected chi connectivity index (χ1v) is 8.19. The van der Waals surface area contributed by atoms with Crippen molar-refractivity contribution in [2.75, 3.05) is 0 Å². The molecule has 19 heavy (non-hydrogen) atoms. The average Bonchev–Trinajstić information content (AvgIpc) is 2.46. The van der Waals surface area contributed by atoms with Crippen LogP contribution in [0.25, 0.3) is 4.91 Å². The summed E-state index contributed by atoms with van der Waals surface area (Å²) in [4.78, 5) is 2.94. The maximum atomic E-state index is 12.9. The summed E-state index contributed by atoms with van der Waals surface area (Å²) in [7, 11) is 0. The van der Waals surface area contributed by atoms with Gasteiger partial charge in [-0.2, -0.15) is 0 Å². The Kier molecular flexibility index (Phi) is 5.23. The summed E-state index contributed by atoms with van der Waals surface area (Å²) in [6.07, 6.45) is 0. The molecule has 0 N–H and O–H groups in total. The number of benzene rings is 2. The van der Waals surface area contributed by atoms with Crippen LogP contribution in [0, 0.1) is 16.5 Å². The van der Waals surface area contributed by atoms with Crippen molar-refractivity contribution in [1.29, 1.82) is 5.26 Å². The minimum atomic E-state index is -0.265. The Morgan fingerprint density at radius 1 is 1.11 bits per heavy atom. The Bertz CT molecular complexity index is 602. The van der Waals surface area contributed by atoms with Crippen molar-refractivity contribution in [3.63, 3.8) is 0 Å². The molecule has 0 spiro atoms. The molecule has 0 amide bonds. The number of hydrogen-bond acceptors (Lipinski definition) is 2. The predicted octanol–water partition coefficient (Wildman–Crippen LogP) is 3.37. The summed E-state index contributed by atoms with van der Waals surface area (Å²) in [6, 6.07) is 16.3. The van der Waals surface area contributed by atoms with Crippen molar-refractivity contribution in [3.8, 4) is 5.40 Å². The van der Waals surface area contributed by atoms with E-state index in [0.29, 0.717) is 0 Å². The van der Waals surface area contributed by atoms with E-state index in [-0.39, 0.29) is 20.8 Å². The van der Waals surface area contributed by atoms with E-state index in [1.54, 1.807) is 12.1 Å². The van der Waals surface area contributed by atoms with Gasteiger partial charge in [0.25, 0.3) is 0 Å². The fourth-order valence-electron chi connectivity index (χ4n) is 1.43. The molecule has 94 valence electrons. The first-order valence-electron chi connectivity index (χ1n) is 5.53. The molecule has 0 fully saturated rings. The number of halogens is 1. The molecule has 0 radical (unpaired) electrons. The van der Waals surface area contributed by atoms with Gasteiger partial charge in [0.2, 0.25) is 0 Å². The van der Waals surface area contributed by atoms with E-state index < -0.39 is 0 Å². The Morgan fingerprint density at radius 3 is 2.42 bits per heavy atom. The Labute approximate surface area is 122 Å². The number of hydrogen-bond donors (Lipinski definition) is 0. The molecule has 2 aromatic carbocycles. The van der Waals surface area contributed by atoms with Crippen LogP contribution in [-0.4, -0.2) is 15.0 Å². The summed E-state index contributed by atoms with van der Waals surface area (Å²) in [5, 5.41) is 10.9. The normalized spacial score (nSPS) is 11.1. The van der Waals surface area contributed by atoms with Crippen LogP contribution in [0.2, 0.25) is 0 Å². The Balaban J connectivity index is 2.20. The molecule has 0 bridgehead atoms. The van der Waals surface area contributed by atoms with E-state index in [1.807, 2.05) is 18.2 Å². The maximum absolute atomic E-state index is 12.9. The van der Waals surface area contributed by atoms with Crippen LogP contribution in [0.5, 0.6) is 0 Å². The van der Waals surface area contributed by atoms with Crippen LogP contribution in [0.15, 0.2) is 59.6 Å². The molecule has 0 heterocycles. The zero-order valence-electron chi connectivity index (χ0n) is 9.92. The number of thiocyanates is 1. The standard InChI is InChI=1S/C15H10FNSSe/c16-13-8-6-12(7-9-13)15(18-11-17)10-19-14-4-2-1-3-5-14/h1-10H. The van der Waals surface area contributed by atoms with Gasteiger partial charge >= 0.3 is 122 Å². The number of thioether (sulfide) groups is 1. The van der Waals surface area contributed by atoms with Crippen LogP contribution in [0.4, 0.5) is 4.39 Å². The van der Waals surface area contributed by atoms with E-state index >= 15 is 0 Å². The first kappa shape index (κ1) is 13.9. The molecule has 2 rings (SSSR count). The second-order valence-corrected chi connectivity index (χ2v) is 6.42. The van der Waals surface area contributed by atoms with E-state index in [4.69, 9.17) is 5.26 Å². The first-order chi connectivity index (χ1) is 9.29. The molecule has 0 atom stereocenters. The molecular weight excluding hydrogens is 324 g/mol. The third kappa shape index (κ3) is 4.25. The van der Waals surface area contributed by atoms with Crippen molar-refractivity contribution in [2.24, 2.45) is 0 Å². The van der Waals surface area contributed by atoms with Crippen LogP contribution >= 0.6 is 11.8 Å². The van der Waals surface area contributed by atoms with Gasteiger partial charge in [-0.25, -0.2) is 0 Å². The van der Waals surface area contributed by atoms with E-state index in [2.05, 4.69) is 22.5 Å². The van der Waals surface area contributed by atoms with E-state index in [0.717, 1.165) is 22.2 Å².